The lowest BCUT2D eigenvalue weighted by Gasteiger charge is -2.10. The third-order valence-electron chi connectivity index (χ3n) is 3.81. The molecule has 0 heterocycles. The van der Waals surface area contributed by atoms with Gasteiger partial charge in [0, 0.05) is 18.7 Å². The van der Waals surface area contributed by atoms with Crippen LogP contribution in [0.25, 0.3) is 0 Å². The normalized spacial score (nSPS) is 11.5. The van der Waals surface area contributed by atoms with E-state index in [1.165, 1.54) is 24.3 Å². The second-order valence-electron chi connectivity index (χ2n) is 6.38. The number of amides is 1. The summed E-state index contributed by atoms with van der Waals surface area (Å²) < 4.78 is 26.9. The fraction of sp³-hybridized carbons (Fsp3) is 0.316. The van der Waals surface area contributed by atoms with Crippen LogP contribution >= 0.6 is 0 Å². The van der Waals surface area contributed by atoms with Crippen LogP contribution in [0.5, 0.6) is 0 Å². The van der Waals surface area contributed by atoms with Gasteiger partial charge in [0.1, 0.15) is 0 Å². The van der Waals surface area contributed by atoms with E-state index in [1.54, 1.807) is 0 Å². The van der Waals surface area contributed by atoms with Gasteiger partial charge in [-0.2, -0.15) is 0 Å². The summed E-state index contributed by atoms with van der Waals surface area (Å²) in [6.45, 7) is 6.67. The van der Waals surface area contributed by atoms with Crippen molar-refractivity contribution in [2.45, 2.75) is 32.2 Å². The number of sulfonamides is 1. The van der Waals surface area contributed by atoms with Crippen LogP contribution < -0.4 is 10.0 Å². The molecule has 0 aliphatic heterocycles. The highest BCUT2D eigenvalue weighted by Gasteiger charge is 2.15. The number of hydrogen-bond donors (Lipinski definition) is 2. The van der Waals surface area contributed by atoms with E-state index in [0.29, 0.717) is 18.7 Å². The highest BCUT2D eigenvalue weighted by Crippen LogP contribution is 2.12. The zero-order chi connectivity index (χ0) is 18.4. The molecule has 0 saturated carbocycles. The fourth-order valence-corrected chi connectivity index (χ4v) is 3.44. The Balaban J connectivity index is 2.01. The van der Waals surface area contributed by atoms with E-state index >= 15 is 0 Å². The Kier molecular flexibility index (Phi) is 6.33. The number of carbonyl (C=O) groups is 1. The van der Waals surface area contributed by atoms with Gasteiger partial charge in [-0.3, -0.25) is 4.79 Å². The molecule has 2 aromatic rings. The van der Waals surface area contributed by atoms with Gasteiger partial charge in [0.25, 0.3) is 5.91 Å². The third-order valence-corrected chi connectivity index (χ3v) is 5.25. The summed E-state index contributed by atoms with van der Waals surface area (Å²) in [7, 11) is -3.54. The molecule has 0 aliphatic carbocycles. The van der Waals surface area contributed by atoms with Crippen LogP contribution in [0.3, 0.4) is 0 Å². The maximum Gasteiger partial charge on any atom is 0.251 e. The summed E-state index contributed by atoms with van der Waals surface area (Å²) in [6, 6.07) is 13.8. The SMILES string of the molecule is Cc1ccccc1CNC(=O)c1ccc(S(=O)(=O)NCC(C)C)cc1. The van der Waals surface area contributed by atoms with E-state index in [9.17, 15) is 13.2 Å². The van der Waals surface area contributed by atoms with Crippen molar-refractivity contribution < 1.29 is 13.2 Å². The molecule has 1 amide bonds. The van der Waals surface area contributed by atoms with E-state index in [4.69, 9.17) is 0 Å². The zero-order valence-electron chi connectivity index (χ0n) is 14.7. The topological polar surface area (TPSA) is 75.3 Å². The Bertz CT molecular complexity index is 828. The molecule has 134 valence electrons. The average molecular weight is 360 g/mol. The van der Waals surface area contributed by atoms with E-state index in [-0.39, 0.29) is 16.7 Å². The molecule has 2 rings (SSSR count). The number of nitrogens with one attached hydrogen (secondary N) is 2. The minimum Gasteiger partial charge on any atom is -0.348 e. The molecule has 6 heteroatoms. The lowest BCUT2D eigenvalue weighted by Crippen LogP contribution is -2.27. The highest BCUT2D eigenvalue weighted by atomic mass is 32.2. The van der Waals surface area contributed by atoms with Crippen molar-refractivity contribution in [3.05, 3.63) is 65.2 Å². The van der Waals surface area contributed by atoms with Gasteiger partial charge in [-0.05, 0) is 48.2 Å². The molecular formula is C19H24N2O3S. The maximum absolute atomic E-state index is 12.2. The molecule has 0 bridgehead atoms. The smallest absolute Gasteiger partial charge is 0.251 e. The van der Waals surface area contributed by atoms with Gasteiger partial charge >= 0.3 is 0 Å². The molecule has 2 N–H and O–H groups in total. The molecule has 0 aliphatic rings. The molecular weight excluding hydrogens is 336 g/mol. The summed E-state index contributed by atoms with van der Waals surface area (Å²) in [5.41, 5.74) is 2.59. The van der Waals surface area contributed by atoms with Crippen molar-refractivity contribution in [3.8, 4) is 0 Å². The molecule has 5 nitrogen and oxygen atoms in total. The monoisotopic (exact) mass is 360 g/mol. The van der Waals surface area contributed by atoms with Crippen molar-refractivity contribution in [3.63, 3.8) is 0 Å². The van der Waals surface area contributed by atoms with Crippen LogP contribution in [0.15, 0.2) is 53.4 Å². The number of rotatable bonds is 7. The predicted molar refractivity (Wildman–Crippen MR) is 98.8 cm³/mol. The lowest BCUT2D eigenvalue weighted by molar-refractivity contribution is 0.0951. The van der Waals surface area contributed by atoms with Gasteiger partial charge < -0.3 is 5.32 Å². The first-order chi connectivity index (χ1) is 11.8. The predicted octanol–water partition coefficient (Wildman–Crippen LogP) is 2.86. The van der Waals surface area contributed by atoms with Crippen LogP contribution in [0.1, 0.15) is 35.3 Å². The first-order valence-electron chi connectivity index (χ1n) is 8.22. The summed E-state index contributed by atoms with van der Waals surface area (Å²) in [5, 5.41) is 2.85. The Hall–Kier alpha value is -2.18. The number of benzene rings is 2. The zero-order valence-corrected chi connectivity index (χ0v) is 15.6. The van der Waals surface area contributed by atoms with E-state index in [0.717, 1.165) is 11.1 Å². The molecule has 0 unspecified atom stereocenters. The number of carbonyl (C=O) groups excluding carboxylic acids is 1. The van der Waals surface area contributed by atoms with Crippen LogP contribution in [-0.4, -0.2) is 20.9 Å². The molecule has 0 aromatic heterocycles. The first-order valence-corrected chi connectivity index (χ1v) is 9.70. The van der Waals surface area contributed by atoms with Crippen molar-refractivity contribution in [2.75, 3.05) is 6.54 Å². The van der Waals surface area contributed by atoms with Crippen LogP contribution in [-0.2, 0) is 16.6 Å². The molecule has 25 heavy (non-hydrogen) atoms. The lowest BCUT2D eigenvalue weighted by atomic mass is 10.1. The molecule has 0 fully saturated rings. The minimum atomic E-state index is -3.54. The maximum atomic E-state index is 12.2. The van der Waals surface area contributed by atoms with Crippen LogP contribution in [0.2, 0.25) is 0 Å². The summed E-state index contributed by atoms with van der Waals surface area (Å²) in [5.74, 6) is -0.0105. The van der Waals surface area contributed by atoms with Gasteiger partial charge in [0.2, 0.25) is 10.0 Å². The largest absolute Gasteiger partial charge is 0.348 e. The van der Waals surface area contributed by atoms with Crippen molar-refractivity contribution in [1.82, 2.24) is 10.0 Å². The molecule has 0 spiro atoms. The Morgan fingerprint density at radius 1 is 1.04 bits per heavy atom. The van der Waals surface area contributed by atoms with Gasteiger partial charge in [-0.15, -0.1) is 0 Å². The van der Waals surface area contributed by atoms with Crippen molar-refractivity contribution in [1.29, 1.82) is 0 Å². The summed E-state index contributed by atoms with van der Waals surface area (Å²) in [4.78, 5) is 12.4. The van der Waals surface area contributed by atoms with E-state index in [2.05, 4.69) is 10.0 Å². The second-order valence-corrected chi connectivity index (χ2v) is 8.15. The van der Waals surface area contributed by atoms with Gasteiger partial charge in [0.05, 0.1) is 4.90 Å². The second kappa shape index (κ2) is 8.27. The van der Waals surface area contributed by atoms with E-state index in [1.807, 2.05) is 45.0 Å². The first kappa shape index (κ1) is 19.1. The standard InChI is InChI=1S/C19H24N2O3S/c1-14(2)12-21-25(23,24)18-10-8-16(9-11-18)19(22)20-13-17-7-5-4-6-15(17)3/h4-11,14,21H,12-13H2,1-3H3,(H,20,22). The summed E-state index contributed by atoms with van der Waals surface area (Å²) in [6.07, 6.45) is 0. The van der Waals surface area contributed by atoms with Crippen molar-refractivity contribution >= 4 is 15.9 Å². The number of aryl methyl sites for hydroxylation is 1. The van der Waals surface area contributed by atoms with Gasteiger partial charge in [-0.1, -0.05) is 38.1 Å². The van der Waals surface area contributed by atoms with Crippen molar-refractivity contribution in [2.24, 2.45) is 5.92 Å². The highest BCUT2D eigenvalue weighted by molar-refractivity contribution is 7.89. The Morgan fingerprint density at radius 2 is 1.68 bits per heavy atom. The van der Waals surface area contributed by atoms with Gasteiger partial charge in [0.15, 0.2) is 0 Å². The number of hydrogen-bond acceptors (Lipinski definition) is 3. The molecule has 2 aromatic carbocycles. The molecule has 0 saturated heterocycles. The fourth-order valence-electron chi connectivity index (χ4n) is 2.23. The van der Waals surface area contributed by atoms with Crippen LogP contribution in [0, 0.1) is 12.8 Å². The van der Waals surface area contributed by atoms with Gasteiger partial charge in [-0.25, -0.2) is 13.1 Å². The van der Waals surface area contributed by atoms with Crippen LogP contribution in [0.4, 0.5) is 0 Å². The Labute approximate surface area is 149 Å². The minimum absolute atomic E-state index is 0.156. The quantitative estimate of drug-likeness (QED) is 0.797. The summed E-state index contributed by atoms with van der Waals surface area (Å²) >= 11 is 0. The molecule has 0 radical (unpaired) electrons. The Morgan fingerprint density at radius 3 is 2.28 bits per heavy atom. The van der Waals surface area contributed by atoms with E-state index < -0.39 is 10.0 Å². The molecule has 0 atom stereocenters. The third kappa shape index (κ3) is 5.41. The average Bonchev–Trinajstić information content (AvgIpc) is 2.59.